The van der Waals surface area contributed by atoms with Crippen molar-refractivity contribution in [3.05, 3.63) is 24.0 Å². The summed E-state index contributed by atoms with van der Waals surface area (Å²) in [5.74, 6) is 0. The van der Waals surface area contributed by atoms with Gasteiger partial charge in [0.15, 0.2) is 0 Å². The van der Waals surface area contributed by atoms with Crippen LogP contribution < -0.4 is 0 Å². The summed E-state index contributed by atoms with van der Waals surface area (Å²) in [4.78, 5) is 5.56. The third kappa shape index (κ3) is 2.98. The number of aliphatic hydroxyl groups is 1. The molecule has 1 aromatic rings. The molecule has 0 radical (unpaired) electrons. The van der Waals surface area contributed by atoms with Crippen LogP contribution in [-0.4, -0.2) is 15.3 Å². The molecule has 1 aromatic heterocycles. The van der Waals surface area contributed by atoms with E-state index in [9.17, 15) is 5.11 Å². The summed E-state index contributed by atoms with van der Waals surface area (Å²) in [6.07, 6.45) is 7.63. The summed E-state index contributed by atoms with van der Waals surface area (Å²) in [6, 6.07) is 4.04. The molecule has 88 valence electrons. The van der Waals surface area contributed by atoms with Gasteiger partial charge in [0.25, 0.3) is 0 Å². The highest BCUT2D eigenvalue weighted by atomic mass is 32.2. The Morgan fingerprint density at radius 1 is 1.44 bits per heavy atom. The van der Waals surface area contributed by atoms with Crippen LogP contribution in [0.1, 0.15) is 50.8 Å². The van der Waals surface area contributed by atoms with E-state index in [0.29, 0.717) is 0 Å². The van der Waals surface area contributed by atoms with Crippen molar-refractivity contribution in [3.63, 3.8) is 0 Å². The molecule has 3 heteroatoms. The van der Waals surface area contributed by atoms with Crippen molar-refractivity contribution < 1.29 is 5.11 Å². The second-order valence-corrected chi connectivity index (χ2v) is 5.74. The quantitative estimate of drug-likeness (QED) is 0.869. The van der Waals surface area contributed by atoms with Crippen molar-refractivity contribution >= 4 is 11.8 Å². The van der Waals surface area contributed by atoms with Crippen molar-refractivity contribution in [1.29, 1.82) is 0 Å². The summed E-state index contributed by atoms with van der Waals surface area (Å²) in [5.41, 5.74) is 0.790. The monoisotopic (exact) mass is 237 g/mol. The van der Waals surface area contributed by atoms with Gasteiger partial charge in [-0.3, -0.25) is 4.98 Å². The second kappa shape index (κ2) is 5.69. The van der Waals surface area contributed by atoms with E-state index < -0.39 is 6.10 Å². The van der Waals surface area contributed by atoms with Gasteiger partial charge in [0.05, 0.1) is 11.8 Å². The summed E-state index contributed by atoms with van der Waals surface area (Å²) in [7, 11) is 0. The zero-order valence-corrected chi connectivity index (χ0v) is 10.5. The first-order chi connectivity index (χ1) is 7.79. The van der Waals surface area contributed by atoms with E-state index in [1.807, 2.05) is 30.9 Å². The van der Waals surface area contributed by atoms with Gasteiger partial charge in [-0.2, -0.15) is 0 Å². The van der Waals surface area contributed by atoms with E-state index in [4.69, 9.17) is 0 Å². The number of thioether (sulfide) groups is 1. The van der Waals surface area contributed by atoms with Crippen molar-refractivity contribution in [2.24, 2.45) is 0 Å². The van der Waals surface area contributed by atoms with Crippen LogP contribution in [0.15, 0.2) is 23.2 Å². The first-order valence-electron chi connectivity index (χ1n) is 6.10. The lowest BCUT2D eigenvalue weighted by Gasteiger charge is -2.10. The predicted octanol–water partition coefficient (Wildman–Crippen LogP) is 3.56. The topological polar surface area (TPSA) is 33.1 Å². The maximum atomic E-state index is 9.64. The highest BCUT2D eigenvalue weighted by molar-refractivity contribution is 8.00. The average Bonchev–Trinajstić information content (AvgIpc) is 2.82. The zero-order valence-electron chi connectivity index (χ0n) is 9.72. The molecule has 0 spiro atoms. The maximum absolute atomic E-state index is 9.64. The molecule has 16 heavy (non-hydrogen) atoms. The Morgan fingerprint density at radius 3 is 2.75 bits per heavy atom. The van der Waals surface area contributed by atoms with Gasteiger partial charge in [0, 0.05) is 16.3 Å². The standard InChI is InChI=1S/C13H19NOS/c1-2-13(15)12-8-7-11(9-14-12)16-10-5-3-4-6-10/h7-10,13,15H,2-6H2,1H3/t13-/m1/s1. The van der Waals surface area contributed by atoms with Crippen LogP contribution in [0.3, 0.4) is 0 Å². The van der Waals surface area contributed by atoms with Crippen molar-refractivity contribution in [3.8, 4) is 0 Å². The maximum Gasteiger partial charge on any atom is 0.0957 e. The Labute approximate surface area is 101 Å². The smallest absolute Gasteiger partial charge is 0.0957 e. The molecule has 1 aliphatic rings. The van der Waals surface area contributed by atoms with E-state index in [2.05, 4.69) is 11.1 Å². The van der Waals surface area contributed by atoms with Crippen molar-refractivity contribution in [2.75, 3.05) is 0 Å². The Kier molecular flexibility index (Phi) is 4.24. The Bertz CT molecular complexity index is 319. The van der Waals surface area contributed by atoms with Crippen LogP contribution in [0.25, 0.3) is 0 Å². The number of aliphatic hydroxyl groups excluding tert-OH is 1. The molecule has 0 bridgehead atoms. The number of hydrogen-bond donors (Lipinski definition) is 1. The van der Waals surface area contributed by atoms with Gasteiger partial charge in [-0.1, -0.05) is 19.8 Å². The number of aromatic nitrogens is 1. The molecular formula is C13H19NOS. The molecular weight excluding hydrogens is 218 g/mol. The fourth-order valence-corrected chi connectivity index (χ4v) is 3.28. The molecule has 0 aromatic carbocycles. The number of rotatable bonds is 4. The third-order valence-electron chi connectivity index (χ3n) is 3.09. The van der Waals surface area contributed by atoms with Gasteiger partial charge in [-0.25, -0.2) is 0 Å². The van der Waals surface area contributed by atoms with Crippen LogP contribution in [0.4, 0.5) is 0 Å². The summed E-state index contributed by atoms with van der Waals surface area (Å²) in [6.45, 7) is 1.97. The minimum absolute atomic E-state index is 0.412. The number of pyridine rings is 1. The first-order valence-corrected chi connectivity index (χ1v) is 6.98. The molecule has 1 fully saturated rings. The van der Waals surface area contributed by atoms with E-state index in [0.717, 1.165) is 17.4 Å². The molecule has 2 nitrogen and oxygen atoms in total. The molecule has 0 aliphatic heterocycles. The molecule has 1 heterocycles. The summed E-state index contributed by atoms with van der Waals surface area (Å²) in [5, 5.41) is 10.4. The lowest BCUT2D eigenvalue weighted by molar-refractivity contribution is 0.169. The van der Waals surface area contributed by atoms with Crippen LogP contribution in [0.2, 0.25) is 0 Å². The molecule has 0 amide bonds. The Balaban J connectivity index is 1.96. The van der Waals surface area contributed by atoms with E-state index in [-0.39, 0.29) is 0 Å². The van der Waals surface area contributed by atoms with Gasteiger partial charge in [0.1, 0.15) is 0 Å². The largest absolute Gasteiger partial charge is 0.387 e. The Hall–Kier alpha value is -0.540. The van der Waals surface area contributed by atoms with Gasteiger partial charge in [-0.05, 0) is 31.4 Å². The first kappa shape index (κ1) is 11.9. The minimum atomic E-state index is -0.412. The second-order valence-electron chi connectivity index (χ2n) is 4.37. The number of nitrogens with zero attached hydrogens (tertiary/aromatic N) is 1. The highest BCUT2D eigenvalue weighted by Gasteiger charge is 2.16. The fraction of sp³-hybridized carbons (Fsp3) is 0.615. The lowest BCUT2D eigenvalue weighted by atomic mass is 10.2. The molecule has 1 atom stereocenters. The van der Waals surface area contributed by atoms with Crippen molar-refractivity contribution in [1.82, 2.24) is 4.98 Å². The highest BCUT2D eigenvalue weighted by Crippen LogP contribution is 2.34. The predicted molar refractivity (Wildman–Crippen MR) is 67.6 cm³/mol. The van der Waals surface area contributed by atoms with Gasteiger partial charge >= 0.3 is 0 Å². The molecule has 0 saturated heterocycles. The van der Waals surface area contributed by atoms with E-state index in [1.54, 1.807) is 0 Å². The van der Waals surface area contributed by atoms with Crippen LogP contribution >= 0.6 is 11.8 Å². The molecule has 1 N–H and O–H groups in total. The number of hydrogen-bond acceptors (Lipinski definition) is 3. The van der Waals surface area contributed by atoms with Gasteiger partial charge in [0.2, 0.25) is 0 Å². The normalized spacial score (nSPS) is 18.9. The molecule has 1 saturated carbocycles. The van der Waals surface area contributed by atoms with E-state index >= 15 is 0 Å². The lowest BCUT2D eigenvalue weighted by Crippen LogP contribution is -1.99. The third-order valence-corrected chi connectivity index (χ3v) is 4.41. The fourth-order valence-electron chi connectivity index (χ4n) is 2.07. The summed E-state index contributed by atoms with van der Waals surface area (Å²) < 4.78 is 0. The zero-order chi connectivity index (χ0) is 11.4. The molecule has 0 unspecified atom stereocenters. The van der Waals surface area contributed by atoms with Gasteiger partial charge in [-0.15, -0.1) is 11.8 Å². The summed E-state index contributed by atoms with van der Waals surface area (Å²) >= 11 is 1.94. The molecule has 1 aliphatic carbocycles. The van der Waals surface area contributed by atoms with Crippen molar-refractivity contribution in [2.45, 2.75) is 55.3 Å². The van der Waals surface area contributed by atoms with Crippen LogP contribution in [-0.2, 0) is 0 Å². The van der Waals surface area contributed by atoms with Gasteiger partial charge < -0.3 is 5.11 Å². The average molecular weight is 237 g/mol. The SMILES string of the molecule is CC[C@@H](O)c1ccc(SC2CCCC2)cn1. The van der Waals surface area contributed by atoms with E-state index in [1.165, 1.54) is 30.6 Å². The molecule has 2 rings (SSSR count). The van der Waals surface area contributed by atoms with Crippen LogP contribution in [0.5, 0.6) is 0 Å². The minimum Gasteiger partial charge on any atom is -0.387 e. The van der Waals surface area contributed by atoms with Crippen LogP contribution in [0, 0.1) is 0 Å². The Morgan fingerprint density at radius 2 is 2.19 bits per heavy atom.